The van der Waals surface area contributed by atoms with Crippen LogP contribution in [0.2, 0.25) is 0 Å². The van der Waals surface area contributed by atoms with Crippen LogP contribution in [0, 0.1) is 11.8 Å². The van der Waals surface area contributed by atoms with Crippen LogP contribution in [0.1, 0.15) is 45.9 Å². The van der Waals surface area contributed by atoms with Gasteiger partial charge in [-0.25, -0.2) is 4.98 Å². The van der Waals surface area contributed by atoms with E-state index < -0.39 is 0 Å². The summed E-state index contributed by atoms with van der Waals surface area (Å²) in [6.45, 7) is 7.57. The van der Waals surface area contributed by atoms with Crippen molar-refractivity contribution in [3.63, 3.8) is 0 Å². The van der Waals surface area contributed by atoms with E-state index in [1.165, 1.54) is 12.8 Å². The van der Waals surface area contributed by atoms with Gasteiger partial charge in [-0.1, -0.05) is 13.8 Å². The highest BCUT2D eigenvalue weighted by atomic mass is 15.3. The van der Waals surface area contributed by atoms with E-state index in [0.717, 1.165) is 31.1 Å². The van der Waals surface area contributed by atoms with Crippen LogP contribution in [0.15, 0.2) is 6.33 Å². The number of aromatic nitrogens is 3. The highest BCUT2D eigenvalue weighted by Crippen LogP contribution is 2.36. The fourth-order valence-electron chi connectivity index (χ4n) is 2.96. The molecule has 1 saturated carbocycles. The van der Waals surface area contributed by atoms with Gasteiger partial charge in [0, 0.05) is 18.5 Å². The quantitative estimate of drug-likeness (QED) is 0.873. The van der Waals surface area contributed by atoms with E-state index in [1.807, 2.05) is 4.68 Å². The summed E-state index contributed by atoms with van der Waals surface area (Å²) < 4.78 is 1.96. The Kier molecular flexibility index (Phi) is 3.52. The Morgan fingerprint density at radius 2 is 2.29 bits per heavy atom. The molecule has 2 N–H and O–H groups in total. The molecule has 0 amide bonds. The van der Waals surface area contributed by atoms with Gasteiger partial charge in [-0.05, 0) is 38.0 Å². The highest BCUT2D eigenvalue weighted by molar-refractivity contribution is 5.02. The van der Waals surface area contributed by atoms with Crippen molar-refractivity contribution in [2.75, 3.05) is 0 Å². The number of nitrogens with zero attached hydrogens (tertiary/aromatic N) is 3. The molecule has 96 valence electrons. The van der Waals surface area contributed by atoms with E-state index in [4.69, 9.17) is 5.73 Å². The summed E-state index contributed by atoms with van der Waals surface area (Å²) in [4.78, 5) is 4.35. The Labute approximate surface area is 104 Å². The predicted octanol–water partition coefficient (Wildman–Crippen LogP) is 1.99. The lowest BCUT2D eigenvalue weighted by atomic mass is 9.69. The Bertz CT molecular complexity index is 373. The summed E-state index contributed by atoms with van der Waals surface area (Å²) in [5.41, 5.74) is 6.51. The summed E-state index contributed by atoms with van der Waals surface area (Å²) in [6.07, 6.45) is 6.07. The molecule has 2 rings (SSSR count). The fraction of sp³-hybridized carbons (Fsp3) is 0.846. The third-order valence-corrected chi connectivity index (χ3v) is 4.32. The summed E-state index contributed by atoms with van der Waals surface area (Å²) in [7, 11) is 0. The van der Waals surface area contributed by atoms with Crippen LogP contribution in [-0.2, 0) is 13.0 Å². The maximum Gasteiger partial charge on any atom is 0.138 e. The minimum atomic E-state index is -0.0908. The van der Waals surface area contributed by atoms with Crippen LogP contribution in [0.4, 0.5) is 0 Å². The Morgan fingerprint density at radius 3 is 2.94 bits per heavy atom. The van der Waals surface area contributed by atoms with Crippen molar-refractivity contribution in [3.05, 3.63) is 12.2 Å². The minimum absolute atomic E-state index is 0.0908. The monoisotopic (exact) mass is 236 g/mol. The Hall–Kier alpha value is -0.900. The number of hydrogen-bond acceptors (Lipinski definition) is 3. The van der Waals surface area contributed by atoms with Crippen LogP contribution < -0.4 is 5.73 Å². The van der Waals surface area contributed by atoms with Crippen molar-refractivity contribution in [1.29, 1.82) is 0 Å². The second-order valence-corrected chi connectivity index (χ2v) is 5.68. The van der Waals surface area contributed by atoms with Gasteiger partial charge in [0.05, 0.1) is 0 Å². The molecule has 0 bridgehead atoms. The topological polar surface area (TPSA) is 56.7 Å². The van der Waals surface area contributed by atoms with Gasteiger partial charge < -0.3 is 5.73 Å². The molecule has 4 nitrogen and oxygen atoms in total. The normalized spacial score (nSPS) is 33.9. The molecule has 0 aliphatic heterocycles. The second kappa shape index (κ2) is 4.77. The van der Waals surface area contributed by atoms with Crippen LogP contribution in [0.3, 0.4) is 0 Å². The molecular weight excluding hydrogens is 212 g/mol. The summed E-state index contributed by atoms with van der Waals surface area (Å²) >= 11 is 0. The zero-order valence-electron chi connectivity index (χ0n) is 11.2. The lowest BCUT2D eigenvalue weighted by Gasteiger charge is -2.41. The average molecular weight is 236 g/mol. The second-order valence-electron chi connectivity index (χ2n) is 5.68. The Morgan fingerprint density at radius 1 is 1.53 bits per heavy atom. The molecule has 0 spiro atoms. The van der Waals surface area contributed by atoms with E-state index in [0.29, 0.717) is 5.92 Å². The molecule has 17 heavy (non-hydrogen) atoms. The van der Waals surface area contributed by atoms with Crippen molar-refractivity contribution in [2.45, 2.75) is 58.5 Å². The fourth-order valence-corrected chi connectivity index (χ4v) is 2.96. The van der Waals surface area contributed by atoms with E-state index in [9.17, 15) is 0 Å². The third kappa shape index (κ3) is 2.51. The van der Waals surface area contributed by atoms with Gasteiger partial charge in [-0.15, -0.1) is 0 Å². The van der Waals surface area contributed by atoms with Gasteiger partial charge in [0.1, 0.15) is 12.2 Å². The molecule has 1 fully saturated rings. The minimum Gasteiger partial charge on any atom is -0.324 e. The molecule has 3 unspecified atom stereocenters. The van der Waals surface area contributed by atoms with Crippen molar-refractivity contribution >= 4 is 0 Å². The molecule has 1 aliphatic carbocycles. The molecule has 1 heterocycles. The number of aryl methyl sites for hydroxylation is 1. The SMILES string of the molecule is CCn1ncnc1CC1(N)CCC(C)CC1C. The molecule has 4 heteroatoms. The van der Waals surface area contributed by atoms with E-state index >= 15 is 0 Å². The maximum atomic E-state index is 6.60. The third-order valence-electron chi connectivity index (χ3n) is 4.32. The number of rotatable bonds is 3. The summed E-state index contributed by atoms with van der Waals surface area (Å²) in [5.74, 6) is 2.41. The largest absolute Gasteiger partial charge is 0.324 e. The van der Waals surface area contributed by atoms with Crippen molar-refractivity contribution in [2.24, 2.45) is 17.6 Å². The number of nitrogens with two attached hydrogens (primary N) is 1. The average Bonchev–Trinajstić information content (AvgIpc) is 2.72. The first-order valence-corrected chi connectivity index (χ1v) is 6.70. The molecule has 1 aromatic heterocycles. The van der Waals surface area contributed by atoms with E-state index in [-0.39, 0.29) is 5.54 Å². The lowest BCUT2D eigenvalue weighted by Crippen LogP contribution is -2.51. The Balaban J connectivity index is 2.11. The van der Waals surface area contributed by atoms with Crippen LogP contribution in [0.25, 0.3) is 0 Å². The molecular formula is C13H24N4. The molecule has 0 aromatic carbocycles. The summed E-state index contributed by atoms with van der Waals surface area (Å²) in [5, 5.41) is 4.22. The number of hydrogen-bond donors (Lipinski definition) is 1. The van der Waals surface area contributed by atoms with Gasteiger partial charge in [0.2, 0.25) is 0 Å². The smallest absolute Gasteiger partial charge is 0.138 e. The first kappa shape index (κ1) is 12.6. The first-order valence-electron chi connectivity index (χ1n) is 6.70. The van der Waals surface area contributed by atoms with Crippen LogP contribution in [0.5, 0.6) is 0 Å². The van der Waals surface area contributed by atoms with Crippen molar-refractivity contribution in [3.8, 4) is 0 Å². The van der Waals surface area contributed by atoms with Gasteiger partial charge >= 0.3 is 0 Å². The molecule has 1 aromatic rings. The van der Waals surface area contributed by atoms with Gasteiger partial charge in [0.25, 0.3) is 0 Å². The van der Waals surface area contributed by atoms with Crippen LogP contribution in [-0.4, -0.2) is 20.3 Å². The molecule has 3 atom stereocenters. The first-order chi connectivity index (χ1) is 8.05. The zero-order chi connectivity index (χ0) is 12.5. The highest BCUT2D eigenvalue weighted by Gasteiger charge is 2.37. The maximum absolute atomic E-state index is 6.60. The standard InChI is InChI=1S/C13H24N4/c1-4-17-12(15-9-16-17)8-13(14)6-5-10(2)7-11(13)3/h9-11H,4-8,14H2,1-3H3. The molecule has 1 aliphatic rings. The van der Waals surface area contributed by atoms with Crippen molar-refractivity contribution in [1.82, 2.24) is 14.8 Å². The van der Waals surface area contributed by atoms with Gasteiger partial charge in [-0.3, -0.25) is 4.68 Å². The lowest BCUT2D eigenvalue weighted by molar-refractivity contribution is 0.160. The summed E-state index contributed by atoms with van der Waals surface area (Å²) in [6, 6.07) is 0. The predicted molar refractivity (Wildman–Crippen MR) is 68.5 cm³/mol. The molecule has 0 radical (unpaired) electrons. The van der Waals surface area contributed by atoms with Gasteiger partial charge in [0.15, 0.2) is 0 Å². The van der Waals surface area contributed by atoms with E-state index in [2.05, 4.69) is 30.9 Å². The van der Waals surface area contributed by atoms with Gasteiger partial charge in [-0.2, -0.15) is 5.10 Å². The zero-order valence-corrected chi connectivity index (χ0v) is 11.2. The van der Waals surface area contributed by atoms with Crippen molar-refractivity contribution < 1.29 is 0 Å². The van der Waals surface area contributed by atoms with Crippen LogP contribution >= 0.6 is 0 Å². The van der Waals surface area contributed by atoms with E-state index in [1.54, 1.807) is 6.33 Å². The molecule has 0 saturated heterocycles.